The number of hydrogen-bond donors (Lipinski definition) is 1. The minimum absolute atomic E-state index is 0.0664. The first kappa shape index (κ1) is 13.7. The lowest BCUT2D eigenvalue weighted by Crippen LogP contribution is -2.42. The normalized spacial score (nSPS) is 18.8. The molecule has 1 saturated heterocycles. The molecule has 21 heavy (non-hydrogen) atoms. The maximum atomic E-state index is 12.3. The van der Waals surface area contributed by atoms with E-state index in [4.69, 9.17) is 4.74 Å². The number of rotatable bonds is 2. The van der Waals surface area contributed by atoms with Crippen LogP contribution in [0.3, 0.4) is 0 Å². The molecule has 3 heterocycles. The molecule has 0 spiro atoms. The average molecular weight is 287 g/mol. The van der Waals surface area contributed by atoms with E-state index < -0.39 is 0 Å². The highest BCUT2D eigenvalue weighted by Crippen LogP contribution is 2.22. The minimum Gasteiger partial charge on any atom is -0.368 e. The lowest BCUT2D eigenvalue weighted by molar-refractivity contribution is -0.0250. The summed E-state index contributed by atoms with van der Waals surface area (Å²) in [4.78, 5) is 29.5. The topological polar surface area (TPSA) is 84.0 Å². The van der Waals surface area contributed by atoms with Gasteiger partial charge in [0.2, 0.25) is 0 Å². The first-order chi connectivity index (χ1) is 10.1. The largest absolute Gasteiger partial charge is 0.368 e. The second kappa shape index (κ2) is 5.61. The van der Waals surface area contributed by atoms with E-state index in [0.717, 1.165) is 11.4 Å². The number of H-pyrrole nitrogens is 1. The van der Waals surface area contributed by atoms with Crippen LogP contribution in [0.15, 0.2) is 18.6 Å². The molecule has 7 heteroatoms. The van der Waals surface area contributed by atoms with E-state index in [2.05, 4.69) is 19.9 Å². The summed E-state index contributed by atoms with van der Waals surface area (Å²) in [6.45, 7) is 5.32. The molecule has 1 amide bonds. The Balaban J connectivity index is 1.78. The van der Waals surface area contributed by atoms with Crippen molar-refractivity contribution in [3.05, 3.63) is 41.5 Å². The third kappa shape index (κ3) is 2.92. The number of aromatic amines is 1. The van der Waals surface area contributed by atoms with Gasteiger partial charge in [0.05, 0.1) is 31.4 Å². The fraction of sp³-hybridized carbons (Fsp3) is 0.429. The molecule has 0 radical (unpaired) electrons. The van der Waals surface area contributed by atoms with Crippen LogP contribution in [0.2, 0.25) is 0 Å². The smallest absolute Gasteiger partial charge is 0.272 e. The number of hydrogen-bond acceptors (Lipinski definition) is 5. The Bertz CT molecular complexity index is 621. The number of ether oxygens (including phenoxy) is 1. The summed E-state index contributed by atoms with van der Waals surface area (Å²) >= 11 is 0. The van der Waals surface area contributed by atoms with Crippen LogP contribution in [0.4, 0.5) is 0 Å². The van der Waals surface area contributed by atoms with Gasteiger partial charge in [0.15, 0.2) is 0 Å². The first-order valence-electron chi connectivity index (χ1n) is 6.85. The Morgan fingerprint density at radius 1 is 1.43 bits per heavy atom. The van der Waals surface area contributed by atoms with Gasteiger partial charge in [-0.05, 0) is 19.9 Å². The Labute approximate surface area is 122 Å². The predicted octanol–water partition coefficient (Wildman–Crippen LogP) is 1.03. The number of nitrogens with one attached hydrogen (secondary N) is 1. The van der Waals surface area contributed by atoms with Gasteiger partial charge in [-0.15, -0.1) is 0 Å². The molecule has 2 aromatic heterocycles. The van der Waals surface area contributed by atoms with Crippen LogP contribution in [0.1, 0.15) is 33.8 Å². The number of carbonyl (C=O) groups is 1. The van der Waals surface area contributed by atoms with Gasteiger partial charge in [0.25, 0.3) is 5.91 Å². The van der Waals surface area contributed by atoms with Crippen molar-refractivity contribution in [2.24, 2.45) is 0 Å². The zero-order chi connectivity index (χ0) is 14.8. The molecule has 110 valence electrons. The number of nitrogens with zero attached hydrogens (tertiary/aromatic N) is 4. The maximum absolute atomic E-state index is 12.3. The van der Waals surface area contributed by atoms with Gasteiger partial charge in [-0.1, -0.05) is 0 Å². The van der Waals surface area contributed by atoms with Crippen molar-refractivity contribution in [2.75, 3.05) is 19.7 Å². The summed E-state index contributed by atoms with van der Waals surface area (Å²) in [6, 6.07) is 1.90. The zero-order valence-corrected chi connectivity index (χ0v) is 12.0. The fourth-order valence-corrected chi connectivity index (χ4v) is 2.47. The lowest BCUT2D eigenvalue weighted by Gasteiger charge is -2.32. The highest BCUT2D eigenvalue weighted by atomic mass is 16.5. The minimum atomic E-state index is -0.217. The van der Waals surface area contributed by atoms with E-state index in [9.17, 15) is 4.79 Å². The Kier molecular flexibility index (Phi) is 3.66. The number of aromatic nitrogens is 4. The monoisotopic (exact) mass is 287 g/mol. The van der Waals surface area contributed by atoms with Gasteiger partial charge in [0, 0.05) is 12.2 Å². The van der Waals surface area contributed by atoms with E-state index in [1.807, 2.05) is 19.9 Å². The van der Waals surface area contributed by atoms with Crippen molar-refractivity contribution >= 4 is 5.91 Å². The molecule has 1 atom stereocenters. The maximum Gasteiger partial charge on any atom is 0.272 e. The first-order valence-corrected chi connectivity index (χ1v) is 6.85. The third-order valence-electron chi connectivity index (χ3n) is 3.40. The molecule has 7 nitrogen and oxygen atoms in total. The molecule has 0 aliphatic carbocycles. The van der Waals surface area contributed by atoms with Crippen molar-refractivity contribution in [3.63, 3.8) is 0 Å². The highest BCUT2D eigenvalue weighted by molar-refractivity contribution is 5.92. The summed E-state index contributed by atoms with van der Waals surface area (Å²) in [7, 11) is 0. The predicted molar refractivity (Wildman–Crippen MR) is 74.7 cm³/mol. The van der Waals surface area contributed by atoms with Crippen molar-refractivity contribution in [1.29, 1.82) is 0 Å². The van der Waals surface area contributed by atoms with Crippen molar-refractivity contribution in [2.45, 2.75) is 20.0 Å². The average Bonchev–Trinajstić information content (AvgIpc) is 3.00. The quantitative estimate of drug-likeness (QED) is 0.892. The second-order valence-corrected chi connectivity index (χ2v) is 5.06. The van der Waals surface area contributed by atoms with Crippen LogP contribution in [-0.2, 0) is 4.74 Å². The zero-order valence-electron chi connectivity index (χ0n) is 12.0. The molecule has 3 rings (SSSR count). The standard InChI is InChI=1S/C14H17N5O2/c1-9-5-11(18-10(2)17-9)13-7-19(3-4-21-13)14(20)12-6-15-8-16-12/h5-6,8,13H,3-4,7H2,1-2H3,(H,15,16)/t13-/m0/s1. The third-order valence-corrected chi connectivity index (χ3v) is 3.40. The summed E-state index contributed by atoms with van der Waals surface area (Å²) in [5.41, 5.74) is 2.21. The van der Waals surface area contributed by atoms with Gasteiger partial charge in [-0.3, -0.25) is 4.79 Å². The second-order valence-electron chi connectivity index (χ2n) is 5.06. The van der Waals surface area contributed by atoms with Crippen LogP contribution in [0, 0.1) is 13.8 Å². The van der Waals surface area contributed by atoms with Gasteiger partial charge in [0.1, 0.15) is 17.6 Å². The fourth-order valence-electron chi connectivity index (χ4n) is 2.47. The van der Waals surface area contributed by atoms with Crippen LogP contribution in [-0.4, -0.2) is 50.4 Å². The number of carbonyl (C=O) groups excluding carboxylic acids is 1. The van der Waals surface area contributed by atoms with E-state index in [0.29, 0.717) is 31.2 Å². The van der Waals surface area contributed by atoms with Gasteiger partial charge in [-0.2, -0.15) is 0 Å². The molecule has 2 aromatic rings. The molecular weight excluding hydrogens is 270 g/mol. The van der Waals surface area contributed by atoms with Crippen LogP contribution >= 0.6 is 0 Å². The summed E-state index contributed by atoms with van der Waals surface area (Å²) < 4.78 is 5.76. The van der Waals surface area contributed by atoms with Crippen molar-refractivity contribution in [3.8, 4) is 0 Å². The van der Waals surface area contributed by atoms with Crippen LogP contribution in [0.5, 0.6) is 0 Å². The molecule has 1 fully saturated rings. The molecule has 0 unspecified atom stereocenters. The van der Waals surface area contributed by atoms with Crippen LogP contribution < -0.4 is 0 Å². The molecule has 0 saturated carbocycles. The number of morpholine rings is 1. The molecule has 1 N–H and O–H groups in total. The van der Waals surface area contributed by atoms with Crippen molar-refractivity contribution < 1.29 is 9.53 Å². The Morgan fingerprint density at radius 2 is 2.29 bits per heavy atom. The van der Waals surface area contributed by atoms with Gasteiger partial charge < -0.3 is 14.6 Å². The SMILES string of the molecule is Cc1cc([C@@H]2CN(C(=O)c3cnc[nH]3)CCO2)nc(C)n1. The summed E-state index contributed by atoms with van der Waals surface area (Å²) in [5, 5.41) is 0. The Morgan fingerprint density at radius 3 is 3.00 bits per heavy atom. The lowest BCUT2D eigenvalue weighted by atomic mass is 10.1. The molecule has 0 bridgehead atoms. The number of imidazole rings is 1. The molecular formula is C14H17N5O2. The van der Waals surface area contributed by atoms with Gasteiger partial charge in [-0.25, -0.2) is 15.0 Å². The Hall–Kier alpha value is -2.28. The van der Waals surface area contributed by atoms with E-state index in [-0.39, 0.29) is 12.0 Å². The highest BCUT2D eigenvalue weighted by Gasteiger charge is 2.27. The van der Waals surface area contributed by atoms with E-state index in [1.54, 1.807) is 4.90 Å². The summed E-state index contributed by atoms with van der Waals surface area (Å²) in [5.74, 6) is 0.647. The van der Waals surface area contributed by atoms with Crippen molar-refractivity contribution in [1.82, 2.24) is 24.8 Å². The van der Waals surface area contributed by atoms with Crippen LogP contribution in [0.25, 0.3) is 0 Å². The van der Waals surface area contributed by atoms with E-state index >= 15 is 0 Å². The van der Waals surface area contributed by atoms with E-state index in [1.165, 1.54) is 12.5 Å². The van der Waals surface area contributed by atoms with Gasteiger partial charge >= 0.3 is 0 Å². The molecule has 1 aliphatic heterocycles. The molecule has 0 aromatic carbocycles. The number of aryl methyl sites for hydroxylation is 2. The number of amides is 1. The summed E-state index contributed by atoms with van der Waals surface area (Å²) in [6.07, 6.45) is 2.82. The molecule has 1 aliphatic rings.